The van der Waals surface area contributed by atoms with Crippen LogP contribution >= 0.6 is 23.5 Å². The Kier molecular flexibility index (Phi) is 23.2. The second-order valence-corrected chi connectivity index (χ2v) is 25.1. The molecule has 7 aromatic heterocycles. The molecule has 10 rings (SSSR count). The Morgan fingerprint density at radius 3 is 1.59 bits per heavy atom. The van der Waals surface area contributed by atoms with E-state index in [9.17, 15) is 33.2 Å². The number of benzene rings is 3. The highest BCUT2D eigenvalue weighted by atomic mass is 31.2. The fourth-order valence-electron chi connectivity index (χ4n) is 8.73. The molecule has 26 nitrogen and oxygen atoms in total. The average Bonchev–Trinajstić information content (AvgIpc) is 1.88. The Labute approximate surface area is 523 Å². The number of nitrogens with one attached hydrogen (secondary N) is 1. The number of aromatic nitrogens is 7. The number of aromatic amines is 1. The molecule has 0 radical (unpaired) electrons. The summed E-state index contributed by atoms with van der Waals surface area (Å²) in [6.45, 7) is 8.11. The van der Waals surface area contributed by atoms with Gasteiger partial charge in [-0.2, -0.15) is 0 Å². The van der Waals surface area contributed by atoms with Gasteiger partial charge in [-0.3, -0.25) is 48.1 Å². The molecule has 3 unspecified atom stereocenters. The van der Waals surface area contributed by atoms with E-state index in [4.69, 9.17) is 48.6 Å². The number of phosphoric acid groups is 3. The summed E-state index contributed by atoms with van der Waals surface area (Å²) in [5.74, 6) is 2.31. The van der Waals surface area contributed by atoms with E-state index in [-0.39, 0.29) is 23.9 Å². The maximum atomic E-state index is 12.6. The number of ether oxygens (including phenoxy) is 1. The Hall–Kier alpha value is -8.58. The molecule has 91 heavy (non-hydrogen) atoms. The molecular weight excluding hydrogens is 1240 g/mol. The second-order valence-electron chi connectivity index (χ2n) is 21.4. The molecule has 0 spiro atoms. The van der Waals surface area contributed by atoms with Gasteiger partial charge in [0.05, 0.1) is 47.4 Å². The normalized spacial score (nSPS) is 13.4. The zero-order chi connectivity index (χ0) is 65.3. The lowest BCUT2D eigenvalue weighted by Crippen LogP contribution is -2.39. The van der Waals surface area contributed by atoms with Gasteiger partial charge in [0.2, 0.25) is 17.3 Å². The zero-order valence-corrected chi connectivity index (χ0v) is 52.9. The Morgan fingerprint density at radius 1 is 0.604 bits per heavy atom. The van der Waals surface area contributed by atoms with Crippen LogP contribution < -0.4 is 50.7 Å². The van der Waals surface area contributed by atoms with Gasteiger partial charge in [-0.15, -0.1) is 0 Å². The monoisotopic (exact) mass is 1300 g/mol. The second kappa shape index (κ2) is 31.0. The first-order valence-corrected chi connectivity index (χ1v) is 32.7. The minimum atomic E-state index is -4.95. The summed E-state index contributed by atoms with van der Waals surface area (Å²) in [6, 6.07) is 45.3. The average molecular weight is 1300 g/mol. The summed E-state index contributed by atoms with van der Waals surface area (Å²) >= 11 is 0. The fraction of sp³-hybridized carbons (Fsp3) is 0.242. The smallest absolute Gasteiger partial charge is 0.285 e. The van der Waals surface area contributed by atoms with Crippen molar-refractivity contribution in [1.29, 1.82) is 0 Å². The lowest BCUT2D eigenvalue weighted by molar-refractivity contribution is -0.713. The van der Waals surface area contributed by atoms with Gasteiger partial charge in [-0.1, -0.05) is 103 Å². The highest BCUT2D eigenvalue weighted by molar-refractivity contribution is 7.46. The first kappa shape index (κ1) is 68.3. The molecule has 29 heteroatoms. The van der Waals surface area contributed by atoms with Crippen LogP contribution in [0.25, 0.3) is 34.0 Å². The van der Waals surface area contributed by atoms with Crippen LogP contribution in [0.2, 0.25) is 0 Å². The molecule has 0 aliphatic rings. The van der Waals surface area contributed by atoms with Crippen LogP contribution in [0, 0.1) is 0 Å². The first-order chi connectivity index (χ1) is 43.3. The Bertz CT molecular complexity index is 4200. The first-order valence-electron chi connectivity index (χ1n) is 28.3. The van der Waals surface area contributed by atoms with Crippen molar-refractivity contribution in [2.24, 2.45) is 0 Å². The van der Waals surface area contributed by atoms with E-state index in [1.54, 1.807) is 87.8 Å². The zero-order valence-electron chi connectivity index (χ0n) is 50.2. The van der Waals surface area contributed by atoms with Crippen LogP contribution in [0.5, 0.6) is 5.88 Å². The number of nitrogen functional groups attached to an aromatic ring is 2. The lowest BCUT2D eigenvalue weighted by Gasteiger charge is -2.29. The minimum Gasteiger partial charge on any atom is -0.756 e. The van der Waals surface area contributed by atoms with Crippen molar-refractivity contribution >= 4 is 35.1 Å². The van der Waals surface area contributed by atoms with Crippen molar-refractivity contribution in [3.8, 4) is 39.9 Å². The summed E-state index contributed by atoms with van der Waals surface area (Å²) < 4.78 is 77.9. The third-order valence-electron chi connectivity index (χ3n) is 13.3. The third-order valence-corrected chi connectivity index (χ3v) is 15.4. The Morgan fingerprint density at radius 2 is 1.10 bits per heavy atom. The lowest BCUT2D eigenvalue weighted by atomic mass is 10.1. The number of aryl methyl sites for hydroxylation is 2. The number of pyridine rings is 4. The van der Waals surface area contributed by atoms with Crippen molar-refractivity contribution < 1.29 is 88.9 Å². The molecule has 478 valence electrons. The maximum absolute atomic E-state index is 12.6. The van der Waals surface area contributed by atoms with E-state index in [1.165, 1.54) is 32.7 Å². The predicted octanol–water partition coefficient (Wildman–Crippen LogP) is 7.34. The van der Waals surface area contributed by atoms with Crippen molar-refractivity contribution in [1.82, 2.24) is 19.9 Å². The molecule has 0 saturated heterocycles. The minimum absolute atomic E-state index is 0.212. The predicted molar refractivity (Wildman–Crippen MR) is 324 cm³/mol. The van der Waals surface area contributed by atoms with Gasteiger partial charge >= 0.3 is 0 Å². The number of hydrogen-bond acceptors (Lipinski definition) is 20. The van der Waals surface area contributed by atoms with Gasteiger partial charge in [0.15, 0.2) is 25.0 Å². The number of rotatable bonds is 24. The molecule has 0 fully saturated rings. The number of H-pyrrole nitrogens is 1. The van der Waals surface area contributed by atoms with Crippen molar-refractivity contribution in [2.45, 2.75) is 99.1 Å². The van der Waals surface area contributed by atoms with Crippen LogP contribution in [0.1, 0.15) is 85.1 Å². The van der Waals surface area contributed by atoms with E-state index in [0.29, 0.717) is 60.2 Å². The fourth-order valence-corrected chi connectivity index (χ4v) is 10.3. The van der Waals surface area contributed by atoms with E-state index in [0.717, 1.165) is 56.7 Å². The molecule has 0 aliphatic carbocycles. The van der Waals surface area contributed by atoms with Gasteiger partial charge in [0.1, 0.15) is 24.5 Å². The number of nitrogens with two attached hydrogens (primary N) is 2. The molecule has 10 aromatic rings. The van der Waals surface area contributed by atoms with Crippen LogP contribution in [0.3, 0.4) is 0 Å². The number of phosphoric ester groups is 3. The molecule has 0 aliphatic heterocycles. The van der Waals surface area contributed by atoms with Gasteiger partial charge in [0.25, 0.3) is 40.7 Å². The number of anilines is 2. The van der Waals surface area contributed by atoms with Gasteiger partial charge in [0, 0.05) is 43.4 Å². The van der Waals surface area contributed by atoms with Gasteiger partial charge < -0.3 is 42.8 Å². The number of nitrogens with zero attached hydrogens (tertiary/aromatic N) is 6. The SMILES string of the molecule is CCc1ccc(Cc2cc(-c3ccc[n+](COP(=O)([O-])O)c3N)on2)cc1.CCc1ccc(Cc2cc(-c3ccc[n+](COP(=O)([O-])OC(C)(C)C)c3N)on2)cc1.O=c1c(-c2cc(Cc3ccc(COc4ccccn4)cc3)[nH+]o2)cccn1COP(=O)([O-])O. The summed E-state index contributed by atoms with van der Waals surface area (Å²) in [6.07, 6.45) is 9.93. The molecular formula is C62H68N9O17P3. The van der Waals surface area contributed by atoms with Gasteiger partial charge in [-0.05, 0) is 115 Å². The van der Waals surface area contributed by atoms with Crippen molar-refractivity contribution in [2.75, 3.05) is 11.5 Å². The molecule has 0 saturated carbocycles. The Balaban J connectivity index is 0.000000177. The summed E-state index contributed by atoms with van der Waals surface area (Å²) in [7, 11) is -14.3. The standard InChI is InChI=1S/C22H20N3O7P.C22H28N3O5P.C18H20N3O5P/c26-22-19(4-3-11-25(22)15-31-33(27,28)29)20-13-18(24-32-20)12-16-6-8-17(9-7-16)14-30-21-5-1-2-10-23-21;1-5-16-8-10-17(11-9-16)13-18-14-20(29-24-18)19-7-6-12-25(21(19)23)15-28-31(26,27)30-22(2,3)4;1-2-13-5-7-14(8-6-13)10-15-11-17(26-20-15)16-4-3-9-21(18(16)19)12-25-27(22,23)24/h1-11,13H,12,14-15H2,(H2,27,28,29);6-12,14,23H,5,13,15H2,1-4H3,(H,26,27);3-9,11,19H,2,10,12H2,1H3,(H2,22,23,24). The van der Waals surface area contributed by atoms with Crippen LogP contribution in [0.4, 0.5) is 11.6 Å². The van der Waals surface area contributed by atoms with Crippen molar-refractivity contribution in [3.05, 3.63) is 231 Å². The van der Waals surface area contributed by atoms with E-state index in [2.05, 4.69) is 91.9 Å². The van der Waals surface area contributed by atoms with E-state index < -0.39 is 48.1 Å². The molecule has 3 atom stereocenters. The van der Waals surface area contributed by atoms with Crippen LogP contribution in [-0.2, 0) is 90.7 Å². The highest BCUT2D eigenvalue weighted by Gasteiger charge is 2.24. The molecule has 3 aromatic carbocycles. The molecule has 0 amide bonds. The topological polar surface area (TPSA) is 381 Å². The highest BCUT2D eigenvalue weighted by Crippen LogP contribution is 2.43. The van der Waals surface area contributed by atoms with E-state index >= 15 is 0 Å². The van der Waals surface area contributed by atoms with Crippen LogP contribution in [0.15, 0.2) is 189 Å². The van der Waals surface area contributed by atoms with E-state index in [1.807, 2.05) is 42.5 Å². The largest absolute Gasteiger partial charge is 0.756 e. The quantitative estimate of drug-likeness (QED) is 0.0339. The molecule has 0 bridgehead atoms. The summed E-state index contributed by atoms with van der Waals surface area (Å²) in [5, 5.41) is 11.0. The molecule has 7 heterocycles. The summed E-state index contributed by atoms with van der Waals surface area (Å²) in [4.78, 5) is 67.7. The van der Waals surface area contributed by atoms with Gasteiger partial charge in [-0.25, -0.2) is 18.6 Å². The number of hydrogen-bond donors (Lipinski definition) is 4. The summed E-state index contributed by atoms with van der Waals surface area (Å²) in [5.41, 5.74) is 21.3. The third kappa shape index (κ3) is 21.3. The van der Waals surface area contributed by atoms with Crippen LogP contribution in [-0.4, -0.2) is 35.3 Å². The molecule has 7 N–H and O–H groups in total. The maximum Gasteiger partial charge on any atom is 0.285 e. The van der Waals surface area contributed by atoms with Crippen molar-refractivity contribution in [3.63, 3.8) is 0 Å².